The SMILES string of the molecule is CC(C)(C)S(=O)(=O)N[C@H]1CC[C@H](CNCc2ccnc3ccccc23)CC1. The molecule has 1 aromatic carbocycles. The van der Waals surface area contributed by atoms with Crippen molar-refractivity contribution < 1.29 is 8.42 Å². The van der Waals surface area contributed by atoms with Gasteiger partial charge < -0.3 is 5.32 Å². The quantitative estimate of drug-likeness (QED) is 0.792. The average Bonchev–Trinajstić information content (AvgIpc) is 2.62. The van der Waals surface area contributed by atoms with Crippen molar-refractivity contribution in [3.8, 4) is 0 Å². The maximum atomic E-state index is 12.3. The van der Waals surface area contributed by atoms with Crippen LogP contribution >= 0.6 is 0 Å². The molecule has 0 radical (unpaired) electrons. The predicted octanol–water partition coefficient (Wildman–Crippen LogP) is 3.60. The van der Waals surface area contributed by atoms with E-state index in [2.05, 4.69) is 27.2 Å². The molecule has 1 aliphatic rings. The Morgan fingerprint density at radius 3 is 2.48 bits per heavy atom. The van der Waals surface area contributed by atoms with Crippen molar-refractivity contribution in [2.24, 2.45) is 5.92 Å². The van der Waals surface area contributed by atoms with Crippen LogP contribution in [0.1, 0.15) is 52.0 Å². The second kappa shape index (κ2) is 8.25. The van der Waals surface area contributed by atoms with E-state index in [1.54, 1.807) is 20.8 Å². The highest BCUT2D eigenvalue weighted by Crippen LogP contribution is 2.26. The molecule has 2 N–H and O–H groups in total. The van der Waals surface area contributed by atoms with E-state index < -0.39 is 14.8 Å². The zero-order chi connectivity index (χ0) is 19.5. The summed E-state index contributed by atoms with van der Waals surface area (Å²) in [5.74, 6) is 0.605. The van der Waals surface area contributed by atoms with Gasteiger partial charge in [0.2, 0.25) is 10.0 Å². The minimum Gasteiger partial charge on any atom is -0.312 e. The summed E-state index contributed by atoms with van der Waals surface area (Å²) in [5, 5.41) is 4.79. The first-order chi connectivity index (χ1) is 12.8. The topological polar surface area (TPSA) is 71.1 Å². The fourth-order valence-electron chi connectivity index (χ4n) is 3.60. The fraction of sp³-hybridized carbons (Fsp3) is 0.571. The van der Waals surface area contributed by atoms with Gasteiger partial charge in [0, 0.05) is 24.2 Å². The number of aromatic nitrogens is 1. The number of para-hydroxylation sites is 1. The minimum absolute atomic E-state index is 0.0783. The number of hydrogen-bond acceptors (Lipinski definition) is 4. The van der Waals surface area contributed by atoms with Crippen LogP contribution in [0.2, 0.25) is 0 Å². The lowest BCUT2D eigenvalue weighted by molar-refractivity contribution is 0.301. The molecule has 5 nitrogen and oxygen atoms in total. The molecule has 0 spiro atoms. The first-order valence-corrected chi connectivity index (χ1v) is 11.3. The van der Waals surface area contributed by atoms with Gasteiger partial charge in [-0.15, -0.1) is 0 Å². The van der Waals surface area contributed by atoms with Gasteiger partial charge in [0.1, 0.15) is 0 Å². The number of nitrogens with zero attached hydrogens (tertiary/aromatic N) is 1. The molecule has 6 heteroatoms. The Morgan fingerprint density at radius 1 is 1.07 bits per heavy atom. The highest BCUT2D eigenvalue weighted by atomic mass is 32.2. The molecule has 0 atom stereocenters. The van der Waals surface area contributed by atoms with Crippen molar-refractivity contribution >= 4 is 20.9 Å². The van der Waals surface area contributed by atoms with Crippen LogP contribution < -0.4 is 10.0 Å². The van der Waals surface area contributed by atoms with E-state index >= 15 is 0 Å². The summed E-state index contributed by atoms with van der Waals surface area (Å²) in [5.41, 5.74) is 2.30. The van der Waals surface area contributed by atoms with Crippen LogP contribution in [0.4, 0.5) is 0 Å². The van der Waals surface area contributed by atoms with Gasteiger partial charge in [0.15, 0.2) is 0 Å². The lowest BCUT2D eigenvalue weighted by Crippen LogP contribution is -2.46. The predicted molar refractivity (Wildman–Crippen MR) is 111 cm³/mol. The van der Waals surface area contributed by atoms with E-state index in [0.29, 0.717) is 5.92 Å². The molecule has 1 aromatic heterocycles. The second-order valence-electron chi connectivity index (χ2n) is 8.57. The van der Waals surface area contributed by atoms with Gasteiger partial charge in [-0.25, -0.2) is 13.1 Å². The van der Waals surface area contributed by atoms with Crippen molar-refractivity contribution in [2.45, 2.75) is 63.8 Å². The Hall–Kier alpha value is -1.50. The van der Waals surface area contributed by atoms with Crippen molar-refractivity contribution in [2.75, 3.05) is 6.54 Å². The zero-order valence-electron chi connectivity index (χ0n) is 16.5. The highest BCUT2D eigenvalue weighted by molar-refractivity contribution is 7.90. The summed E-state index contributed by atoms with van der Waals surface area (Å²) in [7, 11) is -3.26. The third kappa shape index (κ3) is 5.06. The van der Waals surface area contributed by atoms with Gasteiger partial charge in [-0.2, -0.15) is 0 Å². The van der Waals surface area contributed by atoms with Gasteiger partial charge in [-0.3, -0.25) is 4.98 Å². The summed E-state index contributed by atoms with van der Waals surface area (Å²) in [6, 6.07) is 10.4. The van der Waals surface area contributed by atoms with Crippen molar-refractivity contribution in [1.82, 2.24) is 15.0 Å². The number of hydrogen-bond donors (Lipinski definition) is 2. The van der Waals surface area contributed by atoms with Crippen LogP contribution in [-0.4, -0.2) is 30.7 Å². The largest absolute Gasteiger partial charge is 0.312 e. The maximum Gasteiger partial charge on any atom is 0.216 e. The third-order valence-corrected chi connectivity index (χ3v) is 7.72. The molecule has 1 aliphatic carbocycles. The summed E-state index contributed by atoms with van der Waals surface area (Å²) >= 11 is 0. The summed E-state index contributed by atoms with van der Waals surface area (Å²) < 4.78 is 26.8. The third-order valence-electron chi connectivity index (χ3n) is 5.46. The van der Waals surface area contributed by atoms with E-state index in [1.807, 2.05) is 24.4 Å². The molecule has 0 unspecified atom stereocenters. The highest BCUT2D eigenvalue weighted by Gasteiger charge is 2.32. The molecule has 0 bridgehead atoms. The van der Waals surface area contributed by atoms with Crippen molar-refractivity contribution in [3.05, 3.63) is 42.1 Å². The van der Waals surface area contributed by atoms with Gasteiger partial charge in [-0.1, -0.05) is 18.2 Å². The van der Waals surface area contributed by atoms with E-state index in [1.165, 1.54) is 10.9 Å². The maximum absolute atomic E-state index is 12.3. The fourth-order valence-corrected chi connectivity index (χ4v) is 4.63. The molecule has 0 amide bonds. The molecule has 1 saturated carbocycles. The average molecular weight is 390 g/mol. The van der Waals surface area contributed by atoms with Crippen molar-refractivity contribution in [3.63, 3.8) is 0 Å². The number of benzene rings is 1. The monoisotopic (exact) mass is 389 g/mol. The summed E-state index contributed by atoms with van der Waals surface area (Å²) in [6.07, 6.45) is 5.81. The molecular formula is C21H31N3O2S. The van der Waals surface area contributed by atoms with Gasteiger partial charge in [0.25, 0.3) is 0 Å². The standard InChI is InChI=1S/C21H31N3O2S/c1-21(2,3)27(25,26)24-18-10-8-16(9-11-18)14-22-15-17-12-13-23-20-7-5-4-6-19(17)20/h4-7,12-13,16,18,22,24H,8-11,14-15H2,1-3H3/t16-,18-. The van der Waals surface area contributed by atoms with Crippen molar-refractivity contribution in [1.29, 1.82) is 0 Å². The van der Waals surface area contributed by atoms with Crippen LogP contribution in [0, 0.1) is 5.92 Å². The lowest BCUT2D eigenvalue weighted by Gasteiger charge is -2.31. The van der Waals surface area contributed by atoms with E-state index in [-0.39, 0.29) is 6.04 Å². The number of pyridine rings is 1. The van der Waals surface area contributed by atoms with Crippen LogP contribution in [0.5, 0.6) is 0 Å². The van der Waals surface area contributed by atoms with Gasteiger partial charge >= 0.3 is 0 Å². The number of sulfonamides is 1. The number of fused-ring (bicyclic) bond motifs is 1. The molecule has 27 heavy (non-hydrogen) atoms. The molecule has 0 aliphatic heterocycles. The Labute approximate surface area is 163 Å². The number of nitrogens with one attached hydrogen (secondary N) is 2. The van der Waals surface area contributed by atoms with E-state index in [4.69, 9.17) is 0 Å². The first-order valence-electron chi connectivity index (χ1n) is 9.81. The second-order valence-corrected chi connectivity index (χ2v) is 11.0. The van der Waals surface area contributed by atoms with Gasteiger partial charge in [0.05, 0.1) is 10.3 Å². The Kier molecular flexibility index (Phi) is 6.18. The van der Waals surface area contributed by atoms with E-state index in [9.17, 15) is 8.42 Å². The first kappa shape index (κ1) is 20.2. The normalized spacial score (nSPS) is 21.4. The molecule has 2 aromatic rings. The summed E-state index contributed by atoms with van der Waals surface area (Å²) in [6.45, 7) is 7.03. The zero-order valence-corrected chi connectivity index (χ0v) is 17.3. The Morgan fingerprint density at radius 2 is 1.78 bits per heavy atom. The molecule has 1 heterocycles. The lowest BCUT2D eigenvalue weighted by atomic mass is 9.86. The smallest absolute Gasteiger partial charge is 0.216 e. The van der Waals surface area contributed by atoms with Crippen LogP contribution in [0.3, 0.4) is 0 Å². The minimum atomic E-state index is -3.26. The Balaban J connectivity index is 1.46. The Bertz CT molecular complexity index is 861. The molecule has 0 saturated heterocycles. The van der Waals surface area contributed by atoms with Gasteiger partial charge in [-0.05, 0) is 76.6 Å². The molecule has 1 fully saturated rings. The van der Waals surface area contributed by atoms with Crippen LogP contribution in [0.25, 0.3) is 10.9 Å². The van der Waals surface area contributed by atoms with Crippen LogP contribution in [0.15, 0.2) is 36.5 Å². The molecular weight excluding hydrogens is 358 g/mol. The van der Waals surface area contributed by atoms with E-state index in [0.717, 1.165) is 44.3 Å². The molecule has 148 valence electrons. The number of rotatable bonds is 6. The summed E-state index contributed by atoms with van der Waals surface area (Å²) in [4.78, 5) is 4.41. The molecule has 3 rings (SSSR count). The van der Waals surface area contributed by atoms with Crippen LogP contribution in [-0.2, 0) is 16.6 Å².